The normalized spacial score (nSPS) is 24.9. The lowest BCUT2D eigenvalue weighted by atomic mass is 9.64. The highest BCUT2D eigenvalue weighted by Crippen LogP contribution is 2.47. The van der Waals surface area contributed by atoms with Gasteiger partial charge in [-0.15, -0.1) is 13.2 Å². The van der Waals surface area contributed by atoms with Gasteiger partial charge in [-0.3, -0.25) is 0 Å². The second kappa shape index (κ2) is 10.3. The average Bonchev–Trinajstić information content (AvgIpc) is 2.83. The molecule has 2 aliphatic rings. The maximum Gasteiger partial charge on any atom is 0.343 e. The number of carbonyl (C=O) groups excluding carboxylic acids is 1. The summed E-state index contributed by atoms with van der Waals surface area (Å²) in [6, 6.07) is 12.5. The number of rotatable bonds is 7. The van der Waals surface area contributed by atoms with Gasteiger partial charge in [0.05, 0.1) is 5.56 Å². The van der Waals surface area contributed by atoms with Crippen LogP contribution in [0.3, 0.4) is 0 Å². The number of hydrogen-bond acceptors (Lipinski definition) is 2. The molecule has 2 aromatic carbocycles. The zero-order chi connectivity index (χ0) is 22.5. The van der Waals surface area contributed by atoms with Crippen LogP contribution in [-0.4, -0.2) is 5.97 Å². The van der Waals surface area contributed by atoms with E-state index in [0.717, 1.165) is 23.8 Å². The van der Waals surface area contributed by atoms with Gasteiger partial charge >= 0.3 is 5.97 Å². The molecule has 0 N–H and O–H groups in total. The molecule has 0 aromatic heterocycles. The number of esters is 1. The lowest BCUT2D eigenvalue weighted by Gasteiger charge is -2.41. The third-order valence-corrected chi connectivity index (χ3v) is 7.44. The number of benzene rings is 2. The van der Waals surface area contributed by atoms with Crippen molar-refractivity contribution in [2.45, 2.75) is 57.3 Å². The number of halogens is 1. The number of fused-ring (bicyclic) bond motifs is 1. The van der Waals surface area contributed by atoms with Crippen LogP contribution < -0.4 is 4.74 Å². The summed E-state index contributed by atoms with van der Waals surface area (Å²) in [5, 5.41) is 0. The molecule has 0 aliphatic heterocycles. The summed E-state index contributed by atoms with van der Waals surface area (Å²) in [6.45, 7) is 7.67. The van der Waals surface area contributed by atoms with Crippen LogP contribution in [0.2, 0.25) is 0 Å². The molecular formula is C29H33FO2. The van der Waals surface area contributed by atoms with Gasteiger partial charge in [-0.25, -0.2) is 9.18 Å². The highest BCUT2D eigenvalue weighted by molar-refractivity contribution is 5.91. The van der Waals surface area contributed by atoms with E-state index in [2.05, 4.69) is 19.2 Å². The third kappa shape index (κ3) is 5.20. The molecule has 2 fully saturated rings. The van der Waals surface area contributed by atoms with Crippen molar-refractivity contribution in [2.24, 2.45) is 17.8 Å². The summed E-state index contributed by atoms with van der Waals surface area (Å²) in [6.07, 6.45) is 13.0. The van der Waals surface area contributed by atoms with Crippen molar-refractivity contribution < 1.29 is 13.9 Å². The van der Waals surface area contributed by atoms with E-state index >= 15 is 0 Å². The minimum absolute atomic E-state index is 0.0325. The number of ether oxygens (including phenoxy) is 1. The average molecular weight is 433 g/mol. The van der Waals surface area contributed by atoms with E-state index in [4.69, 9.17) is 4.74 Å². The first-order chi connectivity index (χ1) is 15.6. The lowest BCUT2D eigenvalue weighted by molar-refractivity contribution is 0.0727. The second-order valence-electron chi connectivity index (χ2n) is 9.44. The Labute approximate surface area is 191 Å². The van der Waals surface area contributed by atoms with Crippen LogP contribution in [0.25, 0.3) is 0 Å². The van der Waals surface area contributed by atoms with Crippen molar-refractivity contribution in [3.8, 4) is 5.75 Å². The molecule has 0 saturated heterocycles. The Bertz CT molecular complexity index is 962. The van der Waals surface area contributed by atoms with Gasteiger partial charge in [0.1, 0.15) is 0 Å². The molecule has 4 unspecified atom stereocenters. The molecule has 0 radical (unpaired) electrons. The van der Waals surface area contributed by atoms with Gasteiger partial charge < -0.3 is 4.74 Å². The molecule has 0 bridgehead atoms. The maximum absolute atomic E-state index is 14.3. The molecule has 32 heavy (non-hydrogen) atoms. The highest BCUT2D eigenvalue weighted by atomic mass is 19.1. The SMILES string of the molecule is C=CCCc1ccc(OC(=O)c2ccc(C3CCC4CC(C=C)CCC4C3)cc2)c(F)c1. The van der Waals surface area contributed by atoms with Crippen molar-refractivity contribution in [1.29, 1.82) is 0 Å². The molecule has 4 rings (SSSR count). The second-order valence-corrected chi connectivity index (χ2v) is 9.44. The number of aryl methyl sites for hydroxylation is 1. The van der Waals surface area contributed by atoms with E-state index in [-0.39, 0.29) is 5.75 Å². The molecule has 0 heterocycles. The van der Waals surface area contributed by atoms with Crippen molar-refractivity contribution in [3.05, 3.63) is 90.3 Å². The van der Waals surface area contributed by atoms with Crippen molar-refractivity contribution in [1.82, 2.24) is 0 Å². The molecular weight excluding hydrogens is 399 g/mol. The van der Waals surface area contributed by atoms with E-state index in [1.54, 1.807) is 12.1 Å². The van der Waals surface area contributed by atoms with Crippen LogP contribution >= 0.6 is 0 Å². The summed E-state index contributed by atoms with van der Waals surface area (Å²) in [4.78, 5) is 12.5. The molecule has 2 aliphatic carbocycles. The van der Waals surface area contributed by atoms with Crippen LogP contribution in [0, 0.1) is 23.6 Å². The Hall–Kier alpha value is -2.68. The first kappa shape index (κ1) is 22.5. The summed E-state index contributed by atoms with van der Waals surface area (Å²) < 4.78 is 19.7. The Morgan fingerprint density at radius 3 is 2.47 bits per heavy atom. The lowest BCUT2D eigenvalue weighted by Crippen LogP contribution is -2.29. The first-order valence-electron chi connectivity index (χ1n) is 11.9. The summed E-state index contributed by atoms with van der Waals surface area (Å²) >= 11 is 0. The van der Waals surface area contributed by atoms with Crippen molar-refractivity contribution >= 4 is 5.97 Å². The van der Waals surface area contributed by atoms with E-state index < -0.39 is 11.8 Å². The number of hydrogen-bond donors (Lipinski definition) is 0. The van der Waals surface area contributed by atoms with E-state index in [1.165, 1.54) is 56.2 Å². The fourth-order valence-corrected chi connectivity index (χ4v) is 5.54. The van der Waals surface area contributed by atoms with E-state index in [1.807, 2.05) is 24.3 Å². The van der Waals surface area contributed by atoms with Crippen LogP contribution in [0.4, 0.5) is 4.39 Å². The van der Waals surface area contributed by atoms with E-state index in [0.29, 0.717) is 23.8 Å². The Morgan fingerprint density at radius 2 is 1.75 bits per heavy atom. The molecule has 2 nitrogen and oxygen atoms in total. The number of carbonyl (C=O) groups is 1. The van der Waals surface area contributed by atoms with Gasteiger partial charge in [-0.05, 0) is 110 Å². The van der Waals surface area contributed by atoms with Crippen LogP contribution in [-0.2, 0) is 6.42 Å². The first-order valence-corrected chi connectivity index (χ1v) is 11.9. The standard InChI is InChI=1S/C29H33FO2/c1-3-5-6-21-8-16-28(27(30)18-21)32-29(31)23-12-10-22(11-13-23)25-15-14-24-17-20(4-2)7-9-26(24)19-25/h3-4,8,10-13,16,18,20,24-26H,1-2,5-7,9,14-15,17,19H2. The molecule has 2 saturated carbocycles. The predicted octanol–water partition coefficient (Wildman–Crippen LogP) is 7.65. The minimum Gasteiger partial charge on any atom is -0.420 e. The Balaban J connectivity index is 1.36. The topological polar surface area (TPSA) is 26.3 Å². The molecule has 0 spiro atoms. The summed E-state index contributed by atoms with van der Waals surface area (Å²) in [5.74, 6) is 1.84. The monoisotopic (exact) mass is 432 g/mol. The van der Waals surface area contributed by atoms with Crippen LogP contribution in [0.1, 0.15) is 72.3 Å². The number of allylic oxidation sites excluding steroid dienone is 2. The van der Waals surface area contributed by atoms with Crippen molar-refractivity contribution in [3.63, 3.8) is 0 Å². The summed E-state index contributed by atoms with van der Waals surface area (Å²) in [7, 11) is 0. The highest BCUT2D eigenvalue weighted by Gasteiger charge is 2.35. The van der Waals surface area contributed by atoms with Crippen LogP contribution in [0.15, 0.2) is 67.8 Å². The van der Waals surface area contributed by atoms with Gasteiger partial charge in [0.2, 0.25) is 0 Å². The Kier molecular flexibility index (Phi) is 7.24. The fraction of sp³-hybridized carbons (Fsp3) is 0.414. The fourth-order valence-electron chi connectivity index (χ4n) is 5.54. The zero-order valence-corrected chi connectivity index (χ0v) is 18.8. The zero-order valence-electron chi connectivity index (χ0n) is 18.8. The third-order valence-electron chi connectivity index (χ3n) is 7.44. The molecule has 168 valence electrons. The van der Waals surface area contributed by atoms with Crippen LogP contribution in [0.5, 0.6) is 5.75 Å². The van der Waals surface area contributed by atoms with Crippen molar-refractivity contribution in [2.75, 3.05) is 0 Å². The molecule has 4 atom stereocenters. The molecule has 0 amide bonds. The largest absolute Gasteiger partial charge is 0.420 e. The minimum atomic E-state index is -0.527. The quantitative estimate of drug-likeness (QED) is 0.255. The Morgan fingerprint density at radius 1 is 1.00 bits per heavy atom. The van der Waals surface area contributed by atoms with Gasteiger partial charge in [-0.2, -0.15) is 0 Å². The smallest absolute Gasteiger partial charge is 0.343 e. The van der Waals surface area contributed by atoms with E-state index in [9.17, 15) is 9.18 Å². The van der Waals surface area contributed by atoms with Gasteiger partial charge in [-0.1, -0.05) is 30.4 Å². The summed E-state index contributed by atoms with van der Waals surface area (Å²) in [5.41, 5.74) is 2.60. The molecule has 2 aromatic rings. The maximum atomic E-state index is 14.3. The molecule has 3 heteroatoms. The van der Waals surface area contributed by atoms with Gasteiger partial charge in [0, 0.05) is 0 Å². The van der Waals surface area contributed by atoms with Gasteiger partial charge in [0.25, 0.3) is 0 Å². The van der Waals surface area contributed by atoms with Gasteiger partial charge in [0.15, 0.2) is 11.6 Å². The predicted molar refractivity (Wildman–Crippen MR) is 127 cm³/mol.